The summed E-state index contributed by atoms with van der Waals surface area (Å²) < 4.78 is 32.7. The number of hydrogen-bond donors (Lipinski definition) is 1. The number of hydrogen-bond acceptors (Lipinski definition) is 3. The number of rotatable bonds is 6. The molecule has 1 aromatic rings. The predicted octanol–water partition coefficient (Wildman–Crippen LogP) is 2.31. The Morgan fingerprint density at radius 1 is 1.40 bits per heavy atom. The number of sulfonamides is 1. The van der Waals surface area contributed by atoms with Gasteiger partial charge in [-0.05, 0) is 43.9 Å². The quantitative estimate of drug-likeness (QED) is 0.819. The number of nitrogens with one attached hydrogen (secondary N) is 1. The molecule has 1 aliphatic rings. The lowest BCUT2D eigenvalue weighted by Crippen LogP contribution is -2.40. The van der Waals surface area contributed by atoms with Gasteiger partial charge in [-0.1, -0.05) is 12.1 Å². The Hall–Kier alpha value is -0.620. The van der Waals surface area contributed by atoms with Crippen LogP contribution in [0.15, 0.2) is 29.2 Å². The first-order valence-electron chi connectivity index (χ1n) is 6.82. The van der Waals surface area contributed by atoms with Gasteiger partial charge in [0, 0.05) is 18.5 Å². The average molecular weight is 318 g/mol. The molecule has 0 aliphatic carbocycles. The summed E-state index contributed by atoms with van der Waals surface area (Å²) >= 11 is 5.66. The molecule has 0 bridgehead atoms. The van der Waals surface area contributed by atoms with Gasteiger partial charge in [0.15, 0.2) is 0 Å². The first-order chi connectivity index (χ1) is 9.53. The van der Waals surface area contributed by atoms with Gasteiger partial charge < -0.3 is 4.74 Å². The minimum Gasteiger partial charge on any atom is -0.377 e. The molecule has 2 rings (SSSR count). The van der Waals surface area contributed by atoms with Gasteiger partial charge in [-0.3, -0.25) is 0 Å². The van der Waals surface area contributed by atoms with Crippen molar-refractivity contribution in [3.63, 3.8) is 0 Å². The molecule has 1 heterocycles. The third kappa shape index (κ3) is 3.95. The van der Waals surface area contributed by atoms with Gasteiger partial charge in [0.05, 0.1) is 11.0 Å². The second-order valence-electron chi connectivity index (χ2n) is 5.04. The lowest BCUT2D eigenvalue weighted by molar-refractivity contribution is 0.0902. The maximum atomic E-state index is 12.3. The van der Waals surface area contributed by atoms with Crippen molar-refractivity contribution in [1.29, 1.82) is 0 Å². The maximum Gasteiger partial charge on any atom is 0.240 e. The summed E-state index contributed by atoms with van der Waals surface area (Å²) in [6.07, 6.45) is 2.60. The monoisotopic (exact) mass is 317 g/mol. The van der Waals surface area contributed by atoms with Crippen molar-refractivity contribution < 1.29 is 13.2 Å². The lowest BCUT2D eigenvalue weighted by Gasteiger charge is -2.20. The van der Waals surface area contributed by atoms with E-state index < -0.39 is 10.0 Å². The van der Waals surface area contributed by atoms with Gasteiger partial charge in [0.25, 0.3) is 0 Å². The normalized spacial score (nSPS) is 21.0. The highest BCUT2D eigenvalue weighted by atomic mass is 35.5. The average Bonchev–Trinajstić information content (AvgIpc) is 2.93. The summed E-state index contributed by atoms with van der Waals surface area (Å²) in [5, 5.41) is 0. The SMILES string of the molecule is CC(NS(=O)(=O)c1ccc(CCCl)cc1)C1CCCO1. The molecule has 0 spiro atoms. The zero-order valence-electron chi connectivity index (χ0n) is 11.5. The zero-order valence-corrected chi connectivity index (χ0v) is 13.1. The van der Waals surface area contributed by atoms with Crippen LogP contribution >= 0.6 is 11.6 Å². The Labute approximate surface area is 125 Å². The van der Waals surface area contributed by atoms with E-state index in [1.54, 1.807) is 24.3 Å². The van der Waals surface area contributed by atoms with E-state index in [2.05, 4.69) is 4.72 Å². The van der Waals surface area contributed by atoms with Crippen molar-refractivity contribution in [1.82, 2.24) is 4.72 Å². The molecule has 1 saturated heterocycles. The largest absolute Gasteiger partial charge is 0.377 e. The van der Waals surface area contributed by atoms with Crippen LogP contribution in [0, 0.1) is 0 Å². The Bertz CT molecular complexity index is 524. The number of aryl methyl sites for hydroxylation is 1. The molecule has 2 atom stereocenters. The third-order valence-corrected chi connectivity index (χ3v) is 5.24. The molecular weight excluding hydrogens is 298 g/mol. The Balaban J connectivity index is 2.05. The topological polar surface area (TPSA) is 55.4 Å². The van der Waals surface area contributed by atoms with Crippen molar-refractivity contribution in [3.8, 4) is 0 Å². The molecule has 1 aliphatic heterocycles. The lowest BCUT2D eigenvalue weighted by atomic mass is 10.1. The number of ether oxygens (including phenoxy) is 1. The number of benzene rings is 1. The molecule has 2 unspecified atom stereocenters. The first kappa shape index (κ1) is 15.8. The molecule has 112 valence electrons. The fourth-order valence-electron chi connectivity index (χ4n) is 2.33. The summed E-state index contributed by atoms with van der Waals surface area (Å²) in [5.41, 5.74) is 1.03. The third-order valence-electron chi connectivity index (χ3n) is 3.48. The van der Waals surface area contributed by atoms with E-state index >= 15 is 0 Å². The van der Waals surface area contributed by atoms with E-state index in [9.17, 15) is 8.42 Å². The van der Waals surface area contributed by atoms with Crippen LogP contribution in [-0.2, 0) is 21.2 Å². The minimum atomic E-state index is -3.49. The number of halogens is 1. The van der Waals surface area contributed by atoms with Crippen LogP contribution < -0.4 is 4.72 Å². The van der Waals surface area contributed by atoms with Crippen LogP contribution in [-0.4, -0.2) is 33.1 Å². The molecule has 6 heteroatoms. The van der Waals surface area contributed by atoms with Gasteiger partial charge >= 0.3 is 0 Å². The minimum absolute atomic E-state index is 0.0275. The standard InChI is InChI=1S/C14H20ClNO3S/c1-11(14-3-2-10-19-14)16-20(17,18)13-6-4-12(5-7-13)8-9-15/h4-7,11,14,16H,2-3,8-10H2,1H3. The Morgan fingerprint density at radius 2 is 2.10 bits per heavy atom. The Morgan fingerprint density at radius 3 is 2.65 bits per heavy atom. The van der Waals surface area contributed by atoms with E-state index in [1.165, 1.54) is 0 Å². The molecule has 20 heavy (non-hydrogen) atoms. The van der Waals surface area contributed by atoms with E-state index in [-0.39, 0.29) is 17.0 Å². The Kier molecular flexibility index (Phi) is 5.43. The molecule has 1 N–H and O–H groups in total. The highest BCUT2D eigenvalue weighted by Gasteiger charge is 2.26. The van der Waals surface area contributed by atoms with E-state index in [0.717, 1.165) is 24.8 Å². The van der Waals surface area contributed by atoms with Gasteiger partial charge in [-0.2, -0.15) is 0 Å². The fraction of sp³-hybridized carbons (Fsp3) is 0.571. The van der Waals surface area contributed by atoms with Crippen LogP contribution in [0.1, 0.15) is 25.3 Å². The van der Waals surface area contributed by atoms with Crippen LogP contribution in [0.5, 0.6) is 0 Å². The predicted molar refractivity (Wildman–Crippen MR) is 79.6 cm³/mol. The molecule has 0 aromatic heterocycles. The highest BCUT2D eigenvalue weighted by Crippen LogP contribution is 2.18. The molecule has 4 nitrogen and oxygen atoms in total. The fourth-order valence-corrected chi connectivity index (χ4v) is 3.82. The smallest absolute Gasteiger partial charge is 0.240 e. The zero-order chi connectivity index (χ0) is 14.6. The van der Waals surface area contributed by atoms with Crippen molar-refractivity contribution in [2.45, 2.75) is 43.2 Å². The van der Waals surface area contributed by atoms with Gasteiger partial charge in [-0.15, -0.1) is 11.6 Å². The van der Waals surface area contributed by atoms with Gasteiger partial charge in [-0.25, -0.2) is 13.1 Å². The maximum absolute atomic E-state index is 12.3. The van der Waals surface area contributed by atoms with Gasteiger partial charge in [0.2, 0.25) is 10.0 Å². The molecule has 1 fully saturated rings. The first-order valence-corrected chi connectivity index (χ1v) is 8.83. The van der Waals surface area contributed by atoms with Crippen LogP contribution in [0.3, 0.4) is 0 Å². The van der Waals surface area contributed by atoms with Crippen LogP contribution in [0.4, 0.5) is 0 Å². The van der Waals surface area contributed by atoms with Crippen LogP contribution in [0.2, 0.25) is 0 Å². The summed E-state index contributed by atoms with van der Waals surface area (Å²) in [5.74, 6) is 0.528. The second-order valence-corrected chi connectivity index (χ2v) is 7.14. The van der Waals surface area contributed by atoms with E-state index in [1.807, 2.05) is 6.92 Å². The van der Waals surface area contributed by atoms with E-state index in [4.69, 9.17) is 16.3 Å². The highest BCUT2D eigenvalue weighted by molar-refractivity contribution is 7.89. The summed E-state index contributed by atoms with van der Waals surface area (Å²) in [7, 11) is -3.49. The molecule has 0 radical (unpaired) electrons. The molecule has 0 saturated carbocycles. The molecular formula is C14H20ClNO3S. The summed E-state index contributed by atoms with van der Waals surface area (Å²) in [4.78, 5) is 0.278. The van der Waals surface area contributed by atoms with Crippen LogP contribution in [0.25, 0.3) is 0 Å². The van der Waals surface area contributed by atoms with Gasteiger partial charge in [0.1, 0.15) is 0 Å². The summed E-state index contributed by atoms with van der Waals surface area (Å²) in [6.45, 7) is 2.55. The summed E-state index contributed by atoms with van der Waals surface area (Å²) in [6, 6.07) is 6.62. The van der Waals surface area contributed by atoms with E-state index in [0.29, 0.717) is 12.5 Å². The van der Waals surface area contributed by atoms with Crippen molar-refractivity contribution in [3.05, 3.63) is 29.8 Å². The second kappa shape index (κ2) is 6.89. The molecule has 1 aromatic carbocycles. The molecule has 0 amide bonds. The van der Waals surface area contributed by atoms with Crippen molar-refractivity contribution in [2.75, 3.05) is 12.5 Å². The van der Waals surface area contributed by atoms with Crippen molar-refractivity contribution in [2.24, 2.45) is 0 Å². The van der Waals surface area contributed by atoms with Crippen molar-refractivity contribution >= 4 is 21.6 Å². The number of alkyl halides is 1.